The fourth-order valence-corrected chi connectivity index (χ4v) is 3.14. The average Bonchev–Trinajstić information content (AvgIpc) is 3.31. The van der Waals surface area contributed by atoms with Crippen LogP contribution in [0.25, 0.3) is 10.8 Å². The molecule has 1 amide bonds. The molecule has 2 unspecified atom stereocenters. The second kappa shape index (κ2) is 6.38. The largest absolute Gasteiger partial charge is 0.497 e. The maximum absolute atomic E-state index is 13.2. The summed E-state index contributed by atoms with van der Waals surface area (Å²) in [5, 5.41) is 6.00. The summed E-state index contributed by atoms with van der Waals surface area (Å²) >= 11 is 0. The molecular formula is C19H24BFN4O3. The van der Waals surface area contributed by atoms with Gasteiger partial charge in [-0.1, -0.05) is 0 Å². The molecule has 28 heavy (non-hydrogen) atoms. The highest BCUT2D eigenvalue weighted by molar-refractivity contribution is 6.65. The van der Waals surface area contributed by atoms with Crippen LogP contribution in [0.2, 0.25) is 0 Å². The number of nitrogens with zero attached hydrogens (tertiary/aromatic N) is 2. The number of rotatable bonds is 4. The number of fused-ring (bicyclic) bond motifs is 1. The third-order valence-electron chi connectivity index (χ3n) is 5.73. The van der Waals surface area contributed by atoms with Gasteiger partial charge in [-0.3, -0.25) is 4.79 Å². The van der Waals surface area contributed by atoms with Gasteiger partial charge in [0.15, 0.2) is 0 Å². The highest BCUT2D eigenvalue weighted by Crippen LogP contribution is 2.38. The number of amides is 1. The molecule has 3 heterocycles. The van der Waals surface area contributed by atoms with Crippen LogP contribution >= 0.6 is 0 Å². The fourth-order valence-electron chi connectivity index (χ4n) is 3.14. The van der Waals surface area contributed by atoms with Crippen molar-refractivity contribution in [3.05, 3.63) is 18.5 Å². The number of halogens is 1. The van der Waals surface area contributed by atoms with Gasteiger partial charge in [-0.2, -0.15) is 0 Å². The molecule has 2 fully saturated rings. The van der Waals surface area contributed by atoms with Gasteiger partial charge in [-0.15, -0.1) is 0 Å². The molecule has 1 saturated carbocycles. The van der Waals surface area contributed by atoms with Crippen LogP contribution in [0.3, 0.4) is 0 Å². The normalized spacial score (nSPS) is 27.0. The van der Waals surface area contributed by atoms with E-state index in [-0.39, 0.29) is 18.1 Å². The van der Waals surface area contributed by atoms with Crippen molar-refractivity contribution in [1.29, 1.82) is 0 Å². The maximum Gasteiger partial charge on any atom is 0.497 e. The Kier molecular flexibility index (Phi) is 3.57. The van der Waals surface area contributed by atoms with Gasteiger partial charge in [0, 0.05) is 34.3 Å². The van der Waals surface area contributed by atoms with Crippen molar-refractivity contribution in [1.82, 2.24) is 9.97 Å². The first-order valence-electron chi connectivity index (χ1n) is 10.6. The highest BCUT2D eigenvalue weighted by Gasteiger charge is 2.52. The lowest BCUT2D eigenvalue weighted by Crippen LogP contribution is -2.41. The Morgan fingerprint density at radius 3 is 2.54 bits per heavy atom. The Bertz CT molecular complexity index is 1030. The van der Waals surface area contributed by atoms with Crippen molar-refractivity contribution in [3.8, 4) is 0 Å². The van der Waals surface area contributed by atoms with Gasteiger partial charge in [0.25, 0.3) is 0 Å². The third kappa shape index (κ3) is 3.12. The van der Waals surface area contributed by atoms with Crippen molar-refractivity contribution < 1.29 is 22.6 Å². The molecule has 7 nitrogen and oxygen atoms in total. The lowest BCUT2D eigenvalue weighted by molar-refractivity contribution is -0.117. The molecule has 9 heteroatoms. The molecule has 2 atom stereocenters. The topological polar surface area (TPSA) is 85.4 Å². The van der Waals surface area contributed by atoms with E-state index in [1.165, 1.54) is 12.4 Å². The van der Waals surface area contributed by atoms with Crippen LogP contribution < -0.4 is 16.1 Å². The van der Waals surface area contributed by atoms with E-state index < -0.39 is 43.3 Å². The van der Waals surface area contributed by atoms with E-state index in [0.717, 1.165) is 0 Å². The zero-order valence-corrected chi connectivity index (χ0v) is 16.2. The Morgan fingerprint density at radius 1 is 1.25 bits per heavy atom. The number of nitrogens with one attached hydrogen (secondary N) is 2. The zero-order chi connectivity index (χ0) is 22.8. The Labute approximate surface area is 167 Å². The summed E-state index contributed by atoms with van der Waals surface area (Å²) in [6.07, 6.45) is 1.98. The van der Waals surface area contributed by atoms with Crippen molar-refractivity contribution in [2.75, 3.05) is 17.6 Å². The quantitative estimate of drug-likeness (QED) is 0.781. The molecule has 2 aliphatic rings. The minimum absolute atomic E-state index is 0.117. The Hall–Kier alpha value is -2.26. The van der Waals surface area contributed by atoms with E-state index in [1.807, 2.05) is 27.7 Å². The van der Waals surface area contributed by atoms with Gasteiger partial charge < -0.3 is 19.9 Å². The number of carbonyl (C=O) groups excluding carboxylic acids is 1. The van der Waals surface area contributed by atoms with Crippen LogP contribution in [0.5, 0.6) is 0 Å². The van der Waals surface area contributed by atoms with Crippen molar-refractivity contribution in [2.45, 2.75) is 51.5 Å². The molecule has 148 valence electrons. The van der Waals surface area contributed by atoms with Crippen LogP contribution in [-0.4, -0.2) is 47.3 Å². The lowest BCUT2D eigenvalue weighted by atomic mass is 9.77. The number of hydrogen-bond donors (Lipinski definition) is 2. The minimum atomic E-state index is -2.46. The predicted octanol–water partition coefficient (Wildman–Crippen LogP) is 2.27. The summed E-state index contributed by atoms with van der Waals surface area (Å²) in [5.41, 5.74) is -0.616. The van der Waals surface area contributed by atoms with E-state index in [2.05, 4.69) is 20.6 Å². The standard InChI is InChI=1S/C19H24BFN4O3/c1-18(2)19(3,4)28-20(27-18)13-9-24-16(22-5)12-8-23-15(7-10(12)13)25-17(26)11-6-14(11)21/h7-9,11,14H,6H2,1-5H3,(H,22,24)(H,23,25,26)/i5D3. The minimum Gasteiger partial charge on any atom is -0.399 e. The summed E-state index contributed by atoms with van der Waals surface area (Å²) in [4.78, 5) is 20.6. The first-order valence-corrected chi connectivity index (χ1v) is 9.15. The number of alkyl halides is 1. The second-order valence-corrected chi connectivity index (χ2v) is 8.24. The van der Waals surface area contributed by atoms with Crippen LogP contribution in [-0.2, 0) is 14.1 Å². The smallest absolute Gasteiger partial charge is 0.399 e. The average molecular weight is 389 g/mol. The van der Waals surface area contributed by atoms with Crippen LogP contribution in [0.15, 0.2) is 18.5 Å². The number of hydrogen-bond acceptors (Lipinski definition) is 6. The van der Waals surface area contributed by atoms with Crippen molar-refractivity contribution in [2.24, 2.45) is 5.92 Å². The van der Waals surface area contributed by atoms with Gasteiger partial charge in [-0.05, 0) is 45.6 Å². The molecule has 1 saturated heterocycles. The number of anilines is 2. The van der Waals surface area contributed by atoms with Crippen molar-refractivity contribution in [3.63, 3.8) is 0 Å². The molecule has 2 N–H and O–H groups in total. The molecule has 0 aromatic carbocycles. The summed E-state index contributed by atoms with van der Waals surface area (Å²) in [6, 6.07) is 1.59. The number of carbonyl (C=O) groups is 1. The first kappa shape index (κ1) is 15.6. The molecule has 1 aliphatic heterocycles. The molecule has 0 spiro atoms. The lowest BCUT2D eigenvalue weighted by Gasteiger charge is -2.32. The summed E-state index contributed by atoms with van der Waals surface area (Å²) < 4.78 is 48.0. The maximum atomic E-state index is 13.2. The Morgan fingerprint density at radius 2 is 1.93 bits per heavy atom. The molecule has 0 radical (unpaired) electrons. The Balaban J connectivity index is 1.76. The molecular weight excluding hydrogens is 362 g/mol. The zero-order valence-electron chi connectivity index (χ0n) is 19.2. The van der Waals surface area contributed by atoms with E-state index in [4.69, 9.17) is 13.4 Å². The van der Waals surface area contributed by atoms with Gasteiger partial charge >= 0.3 is 7.12 Å². The van der Waals surface area contributed by atoms with Crippen LogP contribution in [0.4, 0.5) is 16.0 Å². The monoisotopic (exact) mass is 389 g/mol. The van der Waals surface area contributed by atoms with E-state index in [9.17, 15) is 9.18 Å². The SMILES string of the molecule is [2H]C([2H])([2H])Nc1ncc(B2OC(C)(C)C(C)(C)O2)c2cc(NC(=O)C3CC3F)ncc12. The van der Waals surface area contributed by atoms with Crippen molar-refractivity contribution >= 4 is 40.9 Å². The second-order valence-electron chi connectivity index (χ2n) is 8.24. The molecule has 2 aromatic rings. The number of pyridine rings is 2. The highest BCUT2D eigenvalue weighted by atomic mass is 19.1. The predicted molar refractivity (Wildman–Crippen MR) is 106 cm³/mol. The summed E-state index contributed by atoms with van der Waals surface area (Å²) in [5.74, 6) is -0.760. The number of aromatic nitrogens is 2. The van der Waals surface area contributed by atoms with Crippen LogP contribution in [0, 0.1) is 5.92 Å². The van der Waals surface area contributed by atoms with Crippen LogP contribution in [0.1, 0.15) is 38.2 Å². The van der Waals surface area contributed by atoms with Gasteiger partial charge in [0.05, 0.1) is 17.1 Å². The molecule has 0 bridgehead atoms. The molecule has 2 aromatic heterocycles. The van der Waals surface area contributed by atoms with Gasteiger partial charge in [-0.25, -0.2) is 14.4 Å². The van der Waals surface area contributed by atoms with E-state index >= 15 is 0 Å². The molecule has 1 aliphatic carbocycles. The van der Waals surface area contributed by atoms with E-state index in [0.29, 0.717) is 16.2 Å². The fraction of sp³-hybridized carbons (Fsp3) is 0.526. The van der Waals surface area contributed by atoms with E-state index in [1.54, 1.807) is 6.07 Å². The van der Waals surface area contributed by atoms with Gasteiger partial charge in [0.1, 0.15) is 17.8 Å². The summed E-state index contributed by atoms with van der Waals surface area (Å²) in [6.45, 7) is 5.22. The molecule has 4 rings (SSSR count). The summed E-state index contributed by atoms with van der Waals surface area (Å²) in [7, 11) is -0.758. The van der Waals surface area contributed by atoms with Gasteiger partial charge in [0.2, 0.25) is 5.91 Å². The first-order chi connectivity index (χ1) is 14.3. The third-order valence-corrected chi connectivity index (χ3v) is 5.73.